The number of benzene rings is 3. The molecule has 1 nitrogen and oxygen atoms in total. The summed E-state index contributed by atoms with van der Waals surface area (Å²) in [6.07, 6.45) is -9.17. The smallest absolute Gasteiger partial charge is 0.398 e. The molecule has 2 N–H and O–H groups in total. The zero-order valence-corrected chi connectivity index (χ0v) is 11.4. The Bertz CT molecular complexity index is 908. The Morgan fingerprint density at radius 2 is 1.13 bits per heavy atom. The number of hydrogen-bond acceptors (Lipinski definition) is 1. The van der Waals surface area contributed by atoms with Crippen molar-refractivity contribution in [3.63, 3.8) is 0 Å². The third kappa shape index (κ3) is 2.67. The van der Waals surface area contributed by atoms with Gasteiger partial charge < -0.3 is 5.73 Å². The van der Waals surface area contributed by atoms with Crippen LogP contribution >= 0.6 is 0 Å². The first-order valence-corrected chi connectivity index (χ1v) is 6.48. The average Bonchev–Trinajstić information content (AvgIpc) is 2.44. The highest BCUT2D eigenvalue weighted by atomic mass is 19.4. The first kappa shape index (κ1) is 15.5. The second-order valence-corrected chi connectivity index (χ2v) is 5.16. The number of halogens is 6. The number of rotatable bonds is 0. The summed E-state index contributed by atoms with van der Waals surface area (Å²) in [4.78, 5) is 0. The molecule has 0 aromatic heterocycles. The molecular formula is C16H9F6N. The van der Waals surface area contributed by atoms with Gasteiger partial charge in [-0.2, -0.15) is 26.3 Å². The van der Waals surface area contributed by atoms with Crippen molar-refractivity contribution in [2.24, 2.45) is 0 Å². The second-order valence-electron chi connectivity index (χ2n) is 5.16. The van der Waals surface area contributed by atoms with Crippen molar-refractivity contribution in [3.8, 4) is 0 Å². The van der Waals surface area contributed by atoms with Gasteiger partial charge in [-0.1, -0.05) is 12.1 Å². The lowest BCUT2D eigenvalue weighted by Crippen LogP contribution is -2.06. The zero-order valence-electron chi connectivity index (χ0n) is 11.4. The molecule has 3 rings (SSSR count). The number of fused-ring (bicyclic) bond motifs is 3. The lowest BCUT2D eigenvalue weighted by atomic mass is 9.97. The standard InChI is InChI=1S/C16H9F6N/c17-15(18,19)9-2-1-8-5-14(23)11-4-3-10(16(20,21)22)7-13(11)12(8)6-9/h1-7H,23H2. The first-order chi connectivity index (χ1) is 10.6. The van der Waals surface area contributed by atoms with Gasteiger partial charge in [0, 0.05) is 11.1 Å². The van der Waals surface area contributed by atoms with Gasteiger partial charge in [0.15, 0.2) is 0 Å². The van der Waals surface area contributed by atoms with Crippen molar-refractivity contribution in [2.75, 3.05) is 5.73 Å². The Morgan fingerprint density at radius 1 is 0.609 bits per heavy atom. The average molecular weight is 329 g/mol. The fourth-order valence-electron chi connectivity index (χ4n) is 2.53. The summed E-state index contributed by atoms with van der Waals surface area (Å²) in [6, 6.07) is 7.23. The van der Waals surface area contributed by atoms with E-state index < -0.39 is 23.5 Å². The van der Waals surface area contributed by atoms with E-state index in [-0.39, 0.29) is 21.8 Å². The van der Waals surface area contributed by atoms with E-state index in [9.17, 15) is 26.3 Å². The first-order valence-electron chi connectivity index (χ1n) is 6.48. The summed E-state index contributed by atoms with van der Waals surface area (Å²) < 4.78 is 77.2. The summed E-state index contributed by atoms with van der Waals surface area (Å²) >= 11 is 0. The van der Waals surface area contributed by atoms with Crippen LogP contribution in [0.1, 0.15) is 11.1 Å². The molecule has 0 spiro atoms. The van der Waals surface area contributed by atoms with Crippen LogP contribution in [0.2, 0.25) is 0 Å². The van der Waals surface area contributed by atoms with Crippen LogP contribution in [0, 0.1) is 0 Å². The molecule has 0 unspecified atom stereocenters. The molecule has 0 aliphatic heterocycles. The highest BCUT2D eigenvalue weighted by Gasteiger charge is 2.32. The molecule has 7 heteroatoms. The maximum atomic E-state index is 12.9. The van der Waals surface area contributed by atoms with E-state index in [1.807, 2.05) is 0 Å². The van der Waals surface area contributed by atoms with Crippen LogP contribution in [0.25, 0.3) is 21.5 Å². The van der Waals surface area contributed by atoms with Gasteiger partial charge in [0.05, 0.1) is 11.1 Å². The minimum atomic E-state index is -4.59. The second kappa shape index (κ2) is 4.78. The monoisotopic (exact) mass is 329 g/mol. The molecule has 0 amide bonds. The normalized spacial score (nSPS) is 13.0. The lowest BCUT2D eigenvalue weighted by Gasteiger charge is -2.13. The fraction of sp³-hybridized carbons (Fsp3) is 0.125. The molecule has 0 saturated heterocycles. The van der Waals surface area contributed by atoms with E-state index in [1.54, 1.807) is 0 Å². The number of nitrogens with two attached hydrogens (primary N) is 1. The van der Waals surface area contributed by atoms with E-state index in [1.165, 1.54) is 18.2 Å². The largest absolute Gasteiger partial charge is 0.416 e. The molecule has 3 aromatic carbocycles. The topological polar surface area (TPSA) is 26.0 Å². The van der Waals surface area contributed by atoms with Crippen molar-refractivity contribution in [2.45, 2.75) is 12.4 Å². The highest BCUT2D eigenvalue weighted by molar-refractivity contribution is 6.12. The van der Waals surface area contributed by atoms with E-state index in [2.05, 4.69) is 0 Å². The SMILES string of the molecule is Nc1cc2ccc(C(F)(F)F)cc2c2cc(C(F)(F)F)ccc12. The molecule has 3 aromatic rings. The molecule has 0 radical (unpaired) electrons. The Balaban J connectivity index is 2.42. The maximum Gasteiger partial charge on any atom is 0.416 e. The van der Waals surface area contributed by atoms with Crippen molar-refractivity contribution < 1.29 is 26.3 Å². The molecule has 0 aliphatic carbocycles. The van der Waals surface area contributed by atoms with Crippen molar-refractivity contribution in [3.05, 3.63) is 53.6 Å². The van der Waals surface area contributed by atoms with Crippen LogP contribution < -0.4 is 5.73 Å². The zero-order chi connectivity index (χ0) is 17.0. The molecule has 0 heterocycles. The summed E-state index contributed by atoms with van der Waals surface area (Å²) in [5, 5.41) is 0.753. The Kier molecular flexibility index (Phi) is 3.21. The van der Waals surface area contributed by atoms with Crippen LogP contribution in [0.15, 0.2) is 42.5 Å². The van der Waals surface area contributed by atoms with Crippen molar-refractivity contribution in [1.82, 2.24) is 0 Å². The van der Waals surface area contributed by atoms with Gasteiger partial charge in [0.25, 0.3) is 0 Å². The lowest BCUT2D eigenvalue weighted by molar-refractivity contribution is -0.138. The molecular weight excluding hydrogens is 320 g/mol. The minimum Gasteiger partial charge on any atom is -0.398 e. The molecule has 0 saturated carbocycles. The van der Waals surface area contributed by atoms with Crippen molar-refractivity contribution >= 4 is 27.2 Å². The van der Waals surface area contributed by atoms with Gasteiger partial charge in [-0.3, -0.25) is 0 Å². The van der Waals surface area contributed by atoms with Crippen LogP contribution in [0.4, 0.5) is 32.0 Å². The van der Waals surface area contributed by atoms with E-state index in [4.69, 9.17) is 5.73 Å². The summed E-state index contributed by atoms with van der Waals surface area (Å²) in [7, 11) is 0. The van der Waals surface area contributed by atoms with E-state index >= 15 is 0 Å². The van der Waals surface area contributed by atoms with Crippen LogP contribution in [0.3, 0.4) is 0 Å². The van der Waals surface area contributed by atoms with Crippen LogP contribution in [-0.4, -0.2) is 0 Å². The summed E-state index contributed by atoms with van der Waals surface area (Å²) in [6.45, 7) is 0. The minimum absolute atomic E-state index is 0.0425. The third-order valence-electron chi connectivity index (χ3n) is 3.64. The summed E-state index contributed by atoms with van der Waals surface area (Å²) in [5.41, 5.74) is 4.15. The quantitative estimate of drug-likeness (QED) is 0.324. The van der Waals surface area contributed by atoms with E-state index in [0.717, 1.165) is 24.3 Å². The Hall–Kier alpha value is -2.44. The molecule has 23 heavy (non-hydrogen) atoms. The summed E-state index contributed by atoms with van der Waals surface area (Å²) in [5.74, 6) is 0. The van der Waals surface area contributed by atoms with Gasteiger partial charge in [-0.05, 0) is 46.5 Å². The fourth-order valence-corrected chi connectivity index (χ4v) is 2.53. The Morgan fingerprint density at radius 3 is 1.70 bits per heavy atom. The molecule has 0 fully saturated rings. The van der Waals surface area contributed by atoms with Gasteiger partial charge in [-0.15, -0.1) is 0 Å². The van der Waals surface area contributed by atoms with E-state index in [0.29, 0.717) is 5.39 Å². The number of hydrogen-bond donors (Lipinski definition) is 1. The number of nitrogen functional groups attached to an aromatic ring is 1. The number of alkyl halides is 6. The van der Waals surface area contributed by atoms with Crippen LogP contribution in [0.5, 0.6) is 0 Å². The van der Waals surface area contributed by atoms with Gasteiger partial charge in [0.1, 0.15) is 0 Å². The highest BCUT2D eigenvalue weighted by Crippen LogP contribution is 2.38. The Labute approximate surface area is 126 Å². The number of anilines is 1. The third-order valence-corrected chi connectivity index (χ3v) is 3.64. The van der Waals surface area contributed by atoms with Gasteiger partial charge >= 0.3 is 12.4 Å². The van der Waals surface area contributed by atoms with Gasteiger partial charge in [0.2, 0.25) is 0 Å². The molecule has 0 bridgehead atoms. The molecule has 0 aliphatic rings. The van der Waals surface area contributed by atoms with Crippen molar-refractivity contribution in [1.29, 1.82) is 0 Å². The predicted molar refractivity (Wildman–Crippen MR) is 75.9 cm³/mol. The van der Waals surface area contributed by atoms with Gasteiger partial charge in [-0.25, -0.2) is 0 Å². The molecule has 0 atom stereocenters. The maximum absolute atomic E-state index is 12.9. The predicted octanol–water partition coefficient (Wildman–Crippen LogP) is 5.61. The molecule has 120 valence electrons. The van der Waals surface area contributed by atoms with Crippen LogP contribution in [-0.2, 0) is 12.4 Å².